The van der Waals surface area contributed by atoms with Crippen molar-refractivity contribution in [1.29, 1.82) is 0 Å². The van der Waals surface area contributed by atoms with Gasteiger partial charge in [0.1, 0.15) is 11.9 Å². The number of alkyl halides is 3. The van der Waals surface area contributed by atoms with E-state index in [1.54, 1.807) is 13.0 Å². The van der Waals surface area contributed by atoms with Crippen LogP contribution in [0.3, 0.4) is 0 Å². The van der Waals surface area contributed by atoms with E-state index < -0.39 is 29.3 Å². The van der Waals surface area contributed by atoms with Crippen molar-refractivity contribution in [2.45, 2.75) is 29.9 Å². The fourth-order valence-electron chi connectivity index (χ4n) is 3.44. The first-order chi connectivity index (χ1) is 14.6. The fraction of sp³-hybridized carbons (Fsp3) is 0.190. The number of amides is 3. The van der Waals surface area contributed by atoms with Crippen LogP contribution in [-0.4, -0.2) is 33.4 Å². The second kappa shape index (κ2) is 7.84. The molecule has 160 valence electrons. The summed E-state index contributed by atoms with van der Waals surface area (Å²) in [5.74, 6) is -0.942. The Morgan fingerprint density at radius 2 is 1.77 bits per heavy atom. The number of carbonyl (C=O) groups is 2. The SMILES string of the molecule is CC1C(=O)N(c2ccc(SC(F)(F)F)cc2)C(=O)N1Cc1ccnc2ccc(F)cc12. The number of hydrogen-bond donors (Lipinski definition) is 0. The number of aromatic nitrogens is 1. The molecular formula is C21H15F4N3O2S. The zero-order valence-electron chi connectivity index (χ0n) is 16.1. The number of rotatable bonds is 4. The van der Waals surface area contributed by atoms with Crippen LogP contribution < -0.4 is 4.90 Å². The minimum atomic E-state index is -4.43. The maximum absolute atomic E-state index is 13.7. The van der Waals surface area contributed by atoms with Gasteiger partial charge in [-0.05, 0) is 72.8 Å². The topological polar surface area (TPSA) is 53.5 Å². The number of thioether (sulfide) groups is 1. The van der Waals surface area contributed by atoms with Crippen molar-refractivity contribution >= 4 is 40.3 Å². The standard InChI is InChI=1S/C21H15F4N3O2S/c1-12-19(29)28(15-3-5-16(6-4-15)31-21(23,24)25)20(30)27(12)11-13-8-9-26-18-7-2-14(22)10-17(13)18/h2-10,12H,11H2,1H3. The van der Waals surface area contributed by atoms with Crippen molar-refractivity contribution in [2.24, 2.45) is 0 Å². The second-order valence-electron chi connectivity index (χ2n) is 6.93. The minimum absolute atomic E-state index is 0.0483. The normalized spacial score (nSPS) is 17.1. The molecule has 1 aliphatic heterocycles. The Bertz CT molecular complexity index is 1170. The lowest BCUT2D eigenvalue weighted by Crippen LogP contribution is -2.33. The lowest BCUT2D eigenvalue weighted by atomic mass is 10.1. The molecule has 0 bridgehead atoms. The third-order valence-electron chi connectivity index (χ3n) is 4.95. The molecule has 4 rings (SSSR count). The van der Waals surface area contributed by atoms with E-state index in [9.17, 15) is 27.2 Å². The number of pyridine rings is 1. The Kier molecular flexibility index (Phi) is 5.34. The van der Waals surface area contributed by atoms with E-state index >= 15 is 0 Å². The molecule has 0 spiro atoms. The van der Waals surface area contributed by atoms with E-state index in [-0.39, 0.29) is 28.9 Å². The molecule has 2 heterocycles. The van der Waals surface area contributed by atoms with Gasteiger partial charge >= 0.3 is 11.5 Å². The monoisotopic (exact) mass is 449 g/mol. The molecule has 0 aliphatic carbocycles. The number of imide groups is 1. The number of fused-ring (bicyclic) bond motifs is 1. The maximum atomic E-state index is 13.7. The van der Waals surface area contributed by atoms with Crippen molar-refractivity contribution in [1.82, 2.24) is 9.88 Å². The van der Waals surface area contributed by atoms with Gasteiger partial charge in [0.15, 0.2) is 0 Å². The van der Waals surface area contributed by atoms with Crippen LogP contribution in [0.1, 0.15) is 12.5 Å². The summed E-state index contributed by atoms with van der Waals surface area (Å²) in [6.07, 6.45) is 1.54. The number of hydrogen-bond acceptors (Lipinski definition) is 4. The van der Waals surface area contributed by atoms with Gasteiger partial charge in [0.25, 0.3) is 5.91 Å². The second-order valence-corrected chi connectivity index (χ2v) is 8.07. The Balaban J connectivity index is 1.60. The van der Waals surface area contributed by atoms with E-state index in [4.69, 9.17) is 0 Å². The average molecular weight is 449 g/mol. The summed E-state index contributed by atoms with van der Waals surface area (Å²) in [5.41, 5.74) is -3.07. The summed E-state index contributed by atoms with van der Waals surface area (Å²) in [5, 5.41) is 0.530. The molecule has 0 N–H and O–H groups in total. The highest BCUT2D eigenvalue weighted by atomic mass is 32.2. The molecule has 2 aromatic carbocycles. The third kappa shape index (κ3) is 4.20. The van der Waals surface area contributed by atoms with Gasteiger partial charge in [-0.25, -0.2) is 14.1 Å². The van der Waals surface area contributed by atoms with Crippen LogP contribution in [0.2, 0.25) is 0 Å². The molecular weight excluding hydrogens is 434 g/mol. The van der Waals surface area contributed by atoms with Gasteiger partial charge in [-0.1, -0.05) is 0 Å². The highest BCUT2D eigenvalue weighted by molar-refractivity contribution is 8.00. The van der Waals surface area contributed by atoms with E-state index in [2.05, 4.69) is 4.98 Å². The molecule has 1 aromatic heterocycles. The molecule has 1 unspecified atom stereocenters. The third-order valence-corrected chi connectivity index (χ3v) is 5.68. The Morgan fingerprint density at radius 1 is 1.06 bits per heavy atom. The molecule has 10 heteroatoms. The van der Waals surface area contributed by atoms with Crippen molar-refractivity contribution in [3.8, 4) is 0 Å². The van der Waals surface area contributed by atoms with Gasteiger partial charge in [0.2, 0.25) is 0 Å². The first-order valence-electron chi connectivity index (χ1n) is 9.17. The fourth-order valence-corrected chi connectivity index (χ4v) is 3.98. The maximum Gasteiger partial charge on any atom is 0.446 e. The Labute approximate surface area is 178 Å². The number of carbonyl (C=O) groups excluding carboxylic acids is 2. The van der Waals surface area contributed by atoms with Gasteiger partial charge in [-0.15, -0.1) is 0 Å². The van der Waals surface area contributed by atoms with Gasteiger partial charge in [-0.3, -0.25) is 9.78 Å². The predicted octanol–water partition coefficient (Wildman–Crippen LogP) is 5.34. The lowest BCUT2D eigenvalue weighted by molar-refractivity contribution is -0.119. The zero-order valence-corrected chi connectivity index (χ0v) is 16.9. The van der Waals surface area contributed by atoms with Crippen LogP contribution in [0.25, 0.3) is 10.9 Å². The van der Waals surface area contributed by atoms with Crippen molar-refractivity contribution in [3.63, 3.8) is 0 Å². The summed E-state index contributed by atoms with van der Waals surface area (Å²) in [6, 6.07) is 9.41. The van der Waals surface area contributed by atoms with Gasteiger partial charge < -0.3 is 4.90 Å². The number of nitrogens with zero attached hydrogens (tertiary/aromatic N) is 3. The van der Waals surface area contributed by atoms with Crippen molar-refractivity contribution in [3.05, 3.63) is 66.1 Å². The molecule has 1 atom stereocenters. The predicted molar refractivity (Wildman–Crippen MR) is 108 cm³/mol. The number of urea groups is 1. The zero-order chi connectivity index (χ0) is 22.3. The van der Waals surface area contributed by atoms with Gasteiger partial charge in [0.05, 0.1) is 11.2 Å². The van der Waals surface area contributed by atoms with E-state index in [1.165, 1.54) is 53.6 Å². The quantitative estimate of drug-likeness (QED) is 0.306. The van der Waals surface area contributed by atoms with Crippen LogP contribution >= 0.6 is 11.8 Å². The summed E-state index contributed by atoms with van der Waals surface area (Å²) in [4.78, 5) is 32.2. The summed E-state index contributed by atoms with van der Waals surface area (Å²) < 4.78 is 51.3. The molecule has 1 aliphatic rings. The Morgan fingerprint density at radius 3 is 2.45 bits per heavy atom. The van der Waals surface area contributed by atoms with Gasteiger partial charge in [-0.2, -0.15) is 13.2 Å². The van der Waals surface area contributed by atoms with E-state index in [1.807, 2.05) is 0 Å². The first-order valence-corrected chi connectivity index (χ1v) is 9.99. The van der Waals surface area contributed by atoms with Crippen LogP contribution in [0.15, 0.2) is 59.6 Å². The molecule has 0 radical (unpaired) electrons. The minimum Gasteiger partial charge on any atom is -0.308 e. The number of benzene rings is 2. The molecule has 5 nitrogen and oxygen atoms in total. The summed E-state index contributed by atoms with van der Waals surface area (Å²) in [6.45, 7) is 1.62. The molecule has 1 fully saturated rings. The van der Waals surface area contributed by atoms with E-state index in [0.29, 0.717) is 16.5 Å². The number of anilines is 1. The molecule has 0 saturated carbocycles. The Hall–Kier alpha value is -3.14. The van der Waals surface area contributed by atoms with Crippen molar-refractivity contribution < 1.29 is 27.2 Å². The molecule has 3 aromatic rings. The highest BCUT2D eigenvalue weighted by Gasteiger charge is 2.43. The molecule has 3 amide bonds. The van der Waals surface area contributed by atoms with Gasteiger partial charge in [0, 0.05) is 23.0 Å². The van der Waals surface area contributed by atoms with Crippen LogP contribution in [0.4, 0.5) is 28.0 Å². The number of halogens is 4. The summed E-state index contributed by atoms with van der Waals surface area (Å²) >= 11 is -0.277. The van der Waals surface area contributed by atoms with E-state index in [0.717, 1.165) is 4.90 Å². The smallest absolute Gasteiger partial charge is 0.308 e. The van der Waals surface area contributed by atoms with Crippen LogP contribution in [0, 0.1) is 5.82 Å². The summed E-state index contributed by atoms with van der Waals surface area (Å²) in [7, 11) is 0. The largest absolute Gasteiger partial charge is 0.446 e. The lowest BCUT2D eigenvalue weighted by Gasteiger charge is -2.20. The molecule has 1 saturated heterocycles. The van der Waals surface area contributed by atoms with Crippen LogP contribution in [0.5, 0.6) is 0 Å². The van der Waals surface area contributed by atoms with Crippen LogP contribution in [-0.2, 0) is 11.3 Å². The highest BCUT2D eigenvalue weighted by Crippen LogP contribution is 2.38. The first kappa shape index (κ1) is 21.1. The molecule has 31 heavy (non-hydrogen) atoms. The van der Waals surface area contributed by atoms with Crippen molar-refractivity contribution in [2.75, 3.05) is 4.90 Å². The average Bonchev–Trinajstić information content (AvgIpc) is 2.91.